The highest BCUT2D eigenvalue weighted by atomic mass is 127. The third-order valence-electron chi connectivity index (χ3n) is 6.19. The molecule has 2 N–H and O–H groups in total. The van der Waals surface area contributed by atoms with Crippen molar-refractivity contribution in [1.82, 2.24) is 30.1 Å². The molecule has 1 aliphatic heterocycles. The number of nitrogens with zero attached hydrogens (tertiary/aromatic N) is 5. The Morgan fingerprint density at radius 1 is 1.22 bits per heavy atom. The number of imidazole rings is 1. The number of aromatic nitrogens is 3. The molecule has 0 aromatic carbocycles. The lowest BCUT2D eigenvalue weighted by molar-refractivity contribution is -0.134. The van der Waals surface area contributed by atoms with E-state index in [1.807, 2.05) is 40.9 Å². The molecule has 3 heterocycles. The van der Waals surface area contributed by atoms with Gasteiger partial charge in [-0.3, -0.25) is 9.36 Å². The van der Waals surface area contributed by atoms with Crippen LogP contribution in [0.1, 0.15) is 50.4 Å². The van der Waals surface area contributed by atoms with Gasteiger partial charge in [-0.2, -0.15) is 0 Å². The van der Waals surface area contributed by atoms with Gasteiger partial charge in [0.05, 0.1) is 6.54 Å². The zero-order valence-corrected chi connectivity index (χ0v) is 21.3. The first kappa shape index (κ1) is 24.5. The smallest absolute Gasteiger partial charge is 0.225 e. The van der Waals surface area contributed by atoms with E-state index in [1.165, 1.54) is 12.8 Å². The first-order valence-corrected chi connectivity index (χ1v) is 11.4. The fraction of sp³-hybridized carbons (Fsp3) is 0.565. The van der Waals surface area contributed by atoms with Crippen molar-refractivity contribution in [3.63, 3.8) is 0 Å². The topological polar surface area (TPSA) is 87.4 Å². The standard InChI is InChI=1S/C23H33N7O.HI/c1-3-24-23(28-20-10-12-29(16-20)22(31)19-6-4-5-7-19)27-15-18-8-9-21(26-14-18)30-13-11-25-17(30)2;/h8-9,11,13-14,19-20H,3-7,10,12,15-16H2,1-2H3,(H2,24,27,28);1H. The van der Waals surface area contributed by atoms with E-state index in [-0.39, 0.29) is 35.9 Å². The number of carbonyl (C=O) groups excluding carboxylic acids is 1. The molecule has 2 aliphatic rings. The van der Waals surface area contributed by atoms with E-state index < -0.39 is 0 Å². The summed E-state index contributed by atoms with van der Waals surface area (Å²) in [5.41, 5.74) is 1.04. The summed E-state index contributed by atoms with van der Waals surface area (Å²) in [6, 6.07) is 4.28. The quantitative estimate of drug-likeness (QED) is 0.328. The van der Waals surface area contributed by atoms with Gasteiger partial charge in [0.2, 0.25) is 5.91 Å². The zero-order chi connectivity index (χ0) is 21.6. The second-order valence-corrected chi connectivity index (χ2v) is 8.46. The van der Waals surface area contributed by atoms with Crippen LogP contribution < -0.4 is 10.6 Å². The Kier molecular flexibility index (Phi) is 8.89. The number of hydrogen-bond donors (Lipinski definition) is 2. The maximum atomic E-state index is 12.7. The summed E-state index contributed by atoms with van der Waals surface area (Å²) in [5, 5.41) is 6.84. The largest absolute Gasteiger partial charge is 0.357 e. The molecule has 2 aromatic rings. The lowest BCUT2D eigenvalue weighted by Crippen LogP contribution is -2.45. The number of likely N-dealkylation sites (tertiary alicyclic amines) is 1. The van der Waals surface area contributed by atoms with Gasteiger partial charge in [0.15, 0.2) is 5.96 Å². The summed E-state index contributed by atoms with van der Waals surface area (Å²) < 4.78 is 1.96. The Labute approximate surface area is 207 Å². The maximum Gasteiger partial charge on any atom is 0.225 e. The number of pyridine rings is 1. The lowest BCUT2D eigenvalue weighted by Gasteiger charge is -2.21. The minimum absolute atomic E-state index is 0. The van der Waals surface area contributed by atoms with E-state index in [2.05, 4.69) is 27.5 Å². The van der Waals surface area contributed by atoms with Gasteiger partial charge in [0.1, 0.15) is 11.6 Å². The third-order valence-corrected chi connectivity index (χ3v) is 6.19. The average molecular weight is 551 g/mol. The minimum atomic E-state index is 0. The summed E-state index contributed by atoms with van der Waals surface area (Å²) in [5.74, 6) is 3.15. The van der Waals surface area contributed by atoms with Crippen molar-refractivity contribution < 1.29 is 4.79 Å². The van der Waals surface area contributed by atoms with Crippen LogP contribution in [-0.4, -0.2) is 57.0 Å². The first-order chi connectivity index (χ1) is 15.1. The monoisotopic (exact) mass is 551 g/mol. The van der Waals surface area contributed by atoms with Crippen molar-refractivity contribution in [2.24, 2.45) is 10.9 Å². The first-order valence-electron chi connectivity index (χ1n) is 11.4. The molecule has 2 fully saturated rings. The molecule has 174 valence electrons. The van der Waals surface area contributed by atoms with Gasteiger partial charge >= 0.3 is 0 Å². The summed E-state index contributed by atoms with van der Waals surface area (Å²) >= 11 is 0. The summed E-state index contributed by atoms with van der Waals surface area (Å²) in [4.78, 5) is 28.3. The van der Waals surface area contributed by atoms with Crippen molar-refractivity contribution in [1.29, 1.82) is 0 Å². The van der Waals surface area contributed by atoms with Crippen LogP contribution in [0.2, 0.25) is 0 Å². The number of rotatable bonds is 6. The molecule has 0 radical (unpaired) electrons. The second-order valence-electron chi connectivity index (χ2n) is 8.46. The minimum Gasteiger partial charge on any atom is -0.357 e. The fourth-order valence-electron chi connectivity index (χ4n) is 4.47. The number of guanidine groups is 1. The Hall–Kier alpha value is -2.17. The van der Waals surface area contributed by atoms with E-state index in [0.29, 0.717) is 12.5 Å². The molecule has 1 unspecified atom stereocenters. The molecule has 1 saturated heterocycles. The number of carbonyl (C=O) groups is 1. The van der Waals surface area contributed by atoms with E-state index in [9.17, 15) is 4.79 Å². The van der Waals surface area contributed by atoms with E-state index in [1.54, 1.807) is 6.20 Å². The van der Waals surface area contributed by atoms with Gasteiger partial charge in [-0.25, -0.2) is 15.0 Å². The predicted molar refractivity (Wildman–Crippen MR) is 136 cm³/mol. The SMILES string of the molecule is CCNC(=NCc1ccc(-n2ccnc2C)nc1)NC1CCN(C(=O)C2CCCC2)C1.I. The molecule has 2 aromatic heterocycles. The molecular weight excluding hydrogens is 517 g/mol. The number of aryl methyl sites for hydroxylation is 1. The van der Waals surface area contributed by atoms with Crippen molar-refractivity contribution in [3.05, 3.63) is 42.1 Å². The van der Waals surface area contributed by atoms with Gasteiger partial charge in [0, 0.05) is 50.2 Å². The number of nitrogens with one attached hydrogen (secondary N) is 2. The van der Waals surface area contributed by atoms with E-state index in [0.717, 1.165) is 62.1 Å². The molecule has 1 amide bonds. The lowest BCUT2D eigenvalue weighted by atomic mass is 10.1. The van der Waals surface area contributed by atoms with Crippen LogP contribution in [0.5, 0.6) is 0 Å². The Balaban J connectivity index is 0.00000289. The molecular formula is C23H34IN7O. The average Bonchev–Trinajstić information content (AvgIpc) is 3.54. The number of halogens is 1. The van der Waals surface area contributed by atoms with Gasteiger partial charge in [-0.15, -0.1) is 24.0 Å². The van der Waals surface area contributed by atoms with Gasteiger partial charge in [-0.05, 0) is 44.7 Å². The molecule has 4 rings (SSSR count). The summed E-state index contributed by atoms with van der Waals surface area (Å²) in [7, 11) is 0. The van der Waals surface area contributed by atoms with Crippen LogP contribution >= 0.6 is 24.0 Å². The van der Waals surface area contributed by atoms with Gasteiger partial charge < -0.3 is 15.5 Å². The molecule has 9 heteroatoms. The molecule has 0 bridgehead atoms. The summed E-state index contributed by atoms with van der Waals surface area (Å²) in [6.07, 6.45) is 11.0. The Morgan fingerprint density at radius 3 is 2.69 bits per heavy atom. The van der Waals surface area contributed by atoms with Crippen LogP contribution in [0.3, 0.4) is 0 Å². The van der Waals surface area contributed by atoms with Crippen molar-refractivity contribution in [3.8, 4) is 5.82 Å². The number of hydrogen-bond acceptors (Lipinski definition) is 4. The van der Waals surface area contributed by atoms with E-state index >= 15 is 0 Å². The highest BCUT2D eigenvalue weighted by Gasteiger charge is 2.32. The molecule has 1 aliphatic carbocycles. The fourth-order valence-corrected chi connectivity index (χ4v) is 4.47. The van der Waals surface area contributed by atoms with Crippen LogP contribution in [0.25, 0.3) is 5.82 Å². The van der Waals surface area contributed by atoms with Gasteiger partial charge in [-0.1, -0.05) is 18.9 Å². The van der Waals surface area contributed by atoms with Crippen molar-refractivity contribution in [2.45, 2.75) is 58.5 Å². The van der Waals surface area contributed by atoms with Crippen LogP contribution in [-0.2, 0) is 11.3 Å². The summed E-state index contributed by atoms with van der Waals surface area (Å²) in [6.45, 7) is 6.96. The Morgan fingerprint density at radius 2 is 2.03 bits per heavy atom. The van der Waals surface area contributed by atoms with E-state index in [4.69, 9.17) is 4.99 Å². The maximum absolute atomic E-state index is 12.7. The van der Waals surface area contributed by atoms with Crippen LogP contribution in [0.15, 0.2) is 35.7 Å². The molecule has 32 heavy (non-hydrogen) atoms. The normalized spacial score (nSPS) is 19.1. The van der Waals surface area contributed by atoms with Crippen LogP contribution in [0.4, 0.5) is 0 Å². The zero-order valence-electron chi connectivity index (χ0n) is 19.0. The van der Waals surface area contributed by atoms with Crippen molar-refractivity contribution in [2.75, 3.05) is 19.6 Å². The molecule has 0 spiro atoms. The molecule has 8 nitrogen and oxygen atoms in total. The van der Waals surface area contributed by atoms with Gasteiger partial charge in [0.25, 0.3) is 0 Å². The number of amides is 1. The predicted octanol–water partition coefficient (Wildman–Crippen LogP) is 3.04. The number of aliphatic imine (C=N–C) groups is 1. The highest BCUT2D eigenvalue weighted by molar-refractivity contribution is 14.0. The third kappa shape index (κ3) is 5.99. The second kappa shape index (κ2) is 11.6. The Bertz CT molecular complexity index is 905. The molecule has 1 saturated carbocycles. The van der Waals surface area contributed by atoms with Crippen LogP contribution in [0, 0.1) is 12.8 Å². The van der Waals surface area contributed by atoms with Crippen molar-refractivity contribution >= 4 is 35.8 Å². The highest BCUT2D eigenvalue weighted by Crippen LogP contribution is 2.27. The molecule has 1 atom stereocenters.